The van der Waals surface area contributed by atoms with Gasteiger partial charge in [-0.1, -0.05) is 43.2 Å². The molecule has 1 N–H and O–H groups in total. The zero-order valence-corrected chi connectivity index (χ0v) is 11.5. The molecule has 1 heterocycles. The predicted octanol–water partition coefficient (Wildman–Crippen LogP) is 1.88. The monoisotopic (exact) mass is 272 g/mol. The first-order valence-corrected chi connectivity index (χ1v) is 7.40. The van der Waals surface area contributed by atoms with Crippen LogP contribution >= 0.6 is 0 Å². The van der Waals surface area contributed by atoms with Gasteiger partial charge < -0.3 is 10.2 Å². The van der Waals surface area contributed by atoms with Gasteiger partial charge in [0.15, 0.2) is 0 Å². The number of nitrogens with one attached hydrogen (secondary N) is 1. The molecule has 1 saturated carbocycles. The summed E-state index contributed by atoms with van der Waals surface area (Å²) in [7, 11) is 0. The van der Waals surface area contributed by atoms with Crippen LogP contribution in [0.3, 0.4) is 0 Å². The molecule has 0 aromatic heterocycles. The van der Waals surface area contributed by atoms with Gasteiger partial charge in [-0.2, -0.15) is 0 Å². The van der Waals surface area contributed by atoms with E-state index < -0.39 is 6.04 Å². The number of carbonyl (C=O) groups excluding carboxylic acids is 2. The van der Waals surface area contributed by atoms with Gasteiger partial charge in [0.25, 0.3) is 0 Å². The van der Waals surface area contributed by atoms with Crippen LogP contribution in [-0.2, 0) is 9.59 Å². The van der Waals surface area contributed by atoms with Crippen LogP contribution in [0, 0.1) is 5.92 Å². The molecule has 1 aromatic carbocycles. The summed E-state index contributed by atoms with van der Waals surface area (Å²) in [6.45, 7) is 1.17. The molecule has 1 unspecified atom stereocenters. The van der Waals surface area contributed by atoms with Crippen molar-refractivity contribution < 1.29 is 9.59 Å². The molecule has 2 amide bonds. The van der Waals surface area contributed by atoms with Crippen LogP contribution in [0.15, 0.2) is 30.3 Å². The van der Waals surface area contributed by atoms with Crippen molar-refractivity contribution in [3.05, 3.63) is 35.9 Å². The second-order valence-corrected chi connectivity index (χ2v) is 5.62. The van der Waals surface area contributed by atoms with Gasteiger partial charge in [0, 0.05) is 19.0 Å². The van der Waals surface area contributed by atoms with Crippen molar-refractivity contribution >= 4 is 11.8 Å². The van der Waals surface area contributed by atoms with E-state index in [0.717, 1.165) is 31.2 Å². The van der Waals surface area contributed by atoms with Crippen LogP contribution in [0.1, 0.15) is 37.3 Å². The lowest BCUT2D eigenvalue weighted by molar-refractivity contribution is -0.146. The molecule has 4 heteroatoms. The minimum Gasteiger partial charge on any atom is -0.352 e. The maximum absolute atomic E-state index is 12.7. The third kappa shape index (κ3) is 2.42. The average Bonchev–Trinajstić information content (AvgIpc) is 3.01. The van der Waals surface area contributed by atoms with Crippen LogP contribution in [0.5, 0.6) is 0 Å². The Hall–Kier alpha value is -1.84. The summed E-state index contributed by atoms with van der Waals surface area (Å²) in [5.74, 6) is 0.215. The molecule has 3 rings (SSSR count). The minimum absolute atomic E-state index is 0.0613. The Morgan fingerprint density at radius 3 is 2.55 bits per heavy atom. The highest BCUT2D eigenvalue weighted by Crippen LogP contribution is 2.31. The normalized spacial score (nSPS) is 23.7. The van der Waals surface area contributed by atoms with Crippen LogP contribution in [-0.4, -0.2) is 29.8 Å². The van der Waals surface area contributed by atoms with Gasteiger partial charge in [0.05, 0.1) is 0 Å². The van der Waals surface area contributed by atoms with Gasteiger partial charge >= 0.3 is 0 Å². The van der Waals surface area contributed by atoms with Crippen molar-refractivity contribution in [2.45, 2.75) is 31.7 Å². The molecular weight excluding hydrogens is 252 g/mol. The van der Waals surface area contributed by atoms with Crippen LogP contribution in [0.25, 0.3) is 0 Å². The van der Waals surface area contributed by atoms with Gasteiger partial charge in [0.2, 0.25) is 11.8 Å². The van der Waals surface area contributed by atoms with Crippen LogP contribution in [0.2, 0.25) is 0 Å². The van der Waals surface area contributed by atoms with Crippen molar-refractivity contribution in [3.63, 3.8) is 0 Å². The molecule has 1 aliphatic carbocycles. The first-order chi connectivity index (χ1) is 9.77. The Kier molecular flexibility index (Phi) is 3.72. The quantitative estimate of drug-likeness (QED) is 0.893. The van der Waals surface area contributed by atoms with E-state index in [4.69, 9.17) is 0 Å². The second-order valence-electron chi connectivity index (χ2n) is 5.62. The largest absolute Gasteiger partial charge is 0.352 e. The molecule has 1 atom stereocenters. The first-order valence-electron chi connectivity index (χ1n) is 7.40. The number of benzene rings is 1. The highest BCUT2D eigenvalue weighted by atomic mass is 16.2. The third-order valence-corrected chi connectivity index (χ3v) is 4.31. The van der Waals surface area contributed by atoms with Crippen molar-refractivity contribution in [3.8, 4) is 0 Å². The Balaban J connectivity index is 1.86. The second kappa shape index (κ2) is 5.65. The minimum atomic E-state index is -0.460. The fourth-order valence-electron chi connectivity index (χ4n) is 3.28. The SMILES string of the molecule is O=C1NCCN(C(=O)C2CCCC2)C1c1ccccc1. The molecule has 4 nitrogen and oxygen atoms in total. The summed E-state index contributed by atoms with van der Waals surface area (Å²) in [4.78, 5) is 26.7. The summed E-state index contributed by atoms with van der Waals surface area (Å²) >= 11 is 0. The van der Waals surface area contributed by atoms with Gasteiger partial charge in [-0.3, -0.25) is 9.59 Å². The van der Waals surface area contributed by atoms with E-state index >= 15 is 0 Å². The average molecular weight is 272 g/mol. The third-order valence-electron chi connectivity index (χ3n) is 4.31. The number of rotatable bonds is 2. The summed E-state index contributed by atoms with van der Waals surface area (Å²) in [6.07, 6.45) is 4.20. The summed E-state index contributed by atoms with van der Waals surface area (Å²) in [5.41, 5.74) is 0.899. The van der Waals surface area contributed by atoms with Crippen LogP contribution < -0.4 is 5.32 Å². The van der Waals surface area contributed by atoms with E-state index in [-0.39, 0.29) is 17.7 Å². The van der Waals surface area contributed by atoms with Gasteiger partial charge in [-0.15, -0.1) is 0 Å². The van der Waals surface area contributed by atoms with E-state index in [2.05, 4.69) is 5.32 Å². The number of piperazine rings is 1. The maximum atomic E-state index is 12.7. The Bertz CT molecular complexity index is 494. The summed E-state index contributed by atoms with van der Waals surface area (Å²) < 4.78 is 0. The molecule has 1 saturated heterocycles. The molecule has 2 fully saturated rings. The lowest BCUT2D eigenvalue weighted by atomic mass is 9.99. The topological polar surface area (TPSA) is 49.4 Å². The number of carbonyl (C=O) groups is 2. The number of hydrogen-bond donors (Lipinski definition) is 1. The molecule has 1 aliphatic heterocycles. The number of amides is 2. The van der Waals surface area contributed by atoms with Crippen molar-refractivity contribution in [1.82, 2.24) is 10.2 Å². The lowest BCUT2D eigenvalue weighted by Gasteiger charge is -2.36. The highest BCUT2D eigenvalue weighted by Gasteiger charge is 2.37. The standard InChI is InChI=1S/C16H20N2O2/c19-15-14(12-6-2-1-3-7-12)18(11-10-17-15)16(20)13-8-4-5-9-13/h1-3,6-7,13-14H,4-5,8-11H2,(H,17,19). The van der Waals surface area contributed by atoms with Crippen molar-refractivity contribution in [1.29, 1.82) is 0 Å². The molecule has 0 bridgehead atoms. The molecule has 0 radical (unpaired) electrons. The molecular formula is C16H20N2O2. The smallest absolute Gasteiger partial charge is 0.247 e. The number of nitrogens with zero attached hydrogens (tertiary/aromatic N) is 1. The summed E-state index contributed by atoms with van der Waals surface area (Å²) in [6, 6.07) is 9.13. The molecule has 1 aromatic rings. The van der Waals surface area contributed by atoms with E-state index in [0.29, 0.717) is 13.1 Å². The molecule has 106 valence electrons. The van der Waals surface area contributed by atoms with Crippen molar-refractivity contribution in [2.75, 3.05) is 13.1 Å². The highest BCUT2D eigenvalue weighted by molar-refractivity contribution is 5.90. The Labute approximate surface area is 119 Å². The van der Waals surface area contributed by atoms with Crippen LogP contribution in [0.4, 0.5) is 0 Å². The Morgan fingerprint density at radius 1 is 1.15 bits per heavy atom. The maximum Gasteiger partial charge on any atom is 0.247 e. The molecule has 2 aliphatic rings. The van der Waals surface area contributed by atoms with Gasteiger partial charge in [0.1, 0.15) is 6.04 Å². The lowest BCUT2D eigenvalue weighted by Crippen LogP contribution is -2.53. The fraction of sp³-hybridized carbons (Fsp3) is 0.500. The molecule has 20 heavy (non-hydrogen) atoms. The van der Waals surface area contributed by atoms with Gasteiger partial charge in [-0.25, -0.2) is 0 Å². The molecule has 0 spiro atoms. The zero-order valence-electron chi connectivity index (χ0n) is 11.5. The van der Waals surface area contributed by atoms with Gasteiger partial charge in [-0.05, 0) is 18.4 Å². The fourth-order valence-corrected chi connectivity index (χ4v) is 3.28. The first kappa shape index (κ1) is 13.2. The van der Waals surface area contributed by atoms with E-state index in [1.54, 1.807) is 4.90 Å². The van der Waals surface area contributed by atoms with Crippen molar-refractivity contribution in [2.24, 2.45) is 5.92 Å². The Morgan fingerprint density at radius 2 is 1.85 bits per heavy atom. The number of hydrogen-bond acceptors (Lipinski definition) is 2. The van der Waals surface area contributed by atoms with E-state index in [9.17, 15) is 9.59 Å². The summed E-state index contributed by atoms with van der Waals surface area (Å²) in [5, 5.41) is 2.87. The zero-order chi connectivity index (χ0) is 13.9. The van der Waals surface area contributed by atoms with E-state index in [1.807, 2.05) is 30.3 Å². The van der Waals surface area contributed by atoms with E-state index in [1.165, 1.54) is 0 Å². The predicted molar refractivity (Wildman–Crippen MR) is 75.9 cm³/mol.